The molecule has 0 amide bonds. The van der Waals surface area contributed by atoms with E-state index in [1.165, 1.54) is 12.8 Å². The Kier molecular flexibility index (Phi) is 3.87. The van der Waals surface area contributed by atoms with Crippen molar-refractivity contribution < 1.29 is 0 Å². The van der Waals surface area contributed by atoms with Crippen molar-refractivity contribution in [1.29, 1.82) is 0 Å². The van der Waals surface area contributed by atoms with Gasteiger partial charge in [0.2, 0.25) is 5.95 Å². The Hall–Kier alpha value is -2.01. The minimum absolute atomic E-state index is 0.501. The fraction of sp³-hybridized carbons (Fsp3) is 0.400. The van der Waals surface area contributed by atoms with Crippen LogP contribution in [0.25, 0.3) is 11.3 Å². The number of likely N-dealkylation sites (N-methyl/N-ethyl adjacent to an activating group) is 1. The summed E-state index contributed by atoms with van der Waals surface area (Å²) in [6.07, 6.45) is 7.91. The maximum Gasteiger partial charge on any atom is 0.225 e. The lowest BCUT2D eigenvalue weighted by atomic mass is 10.2. The Morgan fingerprint density at radius 2 is 2.10 bits per heavy atom. The van der Waals surface area contributed by atoms with Crippen LogP contribution in [-0.4, -0.2) is 41.1 Å². The maximum atomic E-state index is 4.52. The van der Waals surface area contributed by atoms with Crippen molar-refractivity contribution in [3.05, 3.63) is 36.8 Å². The molecule has 3 rings (SSSR count). The molecule has 5 nitrogen and oxygen atoms in total. The lowest BCUT2D eigenvalue weighted by Gasteiger charge is -2.24. The first-order chi connectivity index (χ1) is 9.88. The van der Waals surface area contributed by atoms with Crippen LogP contribution in [-0.2, 0) is 0 Å². The zero-order valence-electron chi connectivity index (χ0n) is 11.7. The van der Waals surface area contributed by atoms with Gasteiger partial charge in [-0.15, -0.1) is 0 Å². The van der Waals surface area contributed by atoms with Crippen molar-refractivity contribution in [3.63, 3.8) is 0 Å². The zero-order valence-corrected chi connectivity index (χ0v) is 11.7. The number of hydrogen-bond donors (Lipinski definition) is 1. The highest BCUT2D eigenvalue weighted by Crippen LogP contribution is 2.23. The summed E-state index contributed by atoms with van der Waals surface area (Å²) >= 11 is 0. The molecule has 20 heavy (non-hydrogen) atoms. The number of rotatable bonds is 4. The normalized spacial score (nSPS) is 18.4. The summed E-state index contributed by atoms with van der Waals surface area (Å²) in [5.74, 6) is 0.822. The minimum Gasteiger partial charge on any atom is -0.337 e. The molecule has 0 bridgehead atoms. The molecule has 2 aromatic rings. The van der Waals surface area contributed by atoms with Crippen molar-refractivity contribution in [2.45, 2.75) is 18.9 Å². The van der Waals surface area contributed by atoms with Crippen LogP contribution in [0.15, 0.2) is 36.8 Å². The van der Waals surface area contributed by atoms with Gasteiger partial charge in [-0.3, -0.25) is 4.98 Å². The minimum atomic E-state index is 0.501. The number of pyridine rings is 1. The molecule has 2 aromatic heterocycles. The summed E-state index contributed by atoms with van der Waals surface area (Å²) in [5, 5.41) is 3.24. The molecular weight excluding hydrogens is 250 g/mol. The summed E-state index contributed by atoms with van der Waals surface area (Å²) in [7, 11) is 1.99. The van der Waals surface area contributed by atoms with Crippen LogP contribution in [0.5, 0.6) is 0 Å². The van der Waals surface area contributed by atoms with E-state index >= 15 is 0 Å². The first kappa shape index (κ1) is 13.0. The van der Waals surface area contributed by atoms with Crippen LogP contribution < -0.4 is 10.2 Å². The Balaban J connectivity index is 1.79. The Morgan fingerprint density at radius 3 is 2.80 bits per heavy atom. The van der Waals surface area contributed by atoms with Crippen LogP contribution in [0.1, 0.15) is 12.8 Å². The lowest BCUT2D eigenvalue weighted by molar-refractivity contribution is 0.607. The molecular formula is C15H19N5. The number of aromatic nitrogens is 3. The number of nitrogens with zero attached hydrogens (tertiary/aromatic N) is 4. The van der Waals surface area contributed by atoms with E-state index in [2.05, 4.69) is 25.2 Å². The van der Waals surface area contributed by atoms with Gasteiger partial charge >= 0.3 is 0 Å². The molecule has 0 aromatic carbocycles. The fourth-order valence-corrected chi connectivity index (χ4v) is 2.68. The Morgan fingerprint density at radius 1 is 1.25 bits per heavy atom. The van der Waals surface area contributed by atoms with Crippen LogP contribution in [0.3, 0.4) is 0 Å². The molecule has 1 saturated heterocycles. The molecule has 3 heterocycles. The first-order valence-electron chi connectivity index (χ1n) is 7.03. The van der Waals surface area contributed by atoms with Crippen LogP contribution in [0.2, 0.25) is 0 Å². The zero-order chi connectivity index (χ0) is 13.8. The highest BCUT2D eigenvalue weighted by molar-refractivity contribution is 5.57. The molecule has 1 atom stereocenters. The third-order valence-electron chi connectivity index (χ3n) is 3.67. The summed E-state index contributed by atoms with van der Waals surface area (Å²) in [5.41, 5.74) is 1.87. The molecule has 0 saturated carbocycles. The van der Waals surface area contributed by atoms with Gasteiger partial charge in [-0.25, -0.2) is 9.97 Å². The van der Waals surface area contributed by atoms with Crippen molar-refractivity contribution >= 4 is 5.95 Å². The molecule has 5 heteroatoms. The molecule has 1 unspecified atom stereocenters. The van der Waals surface area contributed by atoms with Gasteiger partial charge < -0.3 is 10.2 Å². The molecule has 1 aliphatic heterocycles. The summed E-state index contributed by atoms with van der Waals surface area (Å²) in [4.78, 5) is 15.6. The maximum absolute atomic E-state index is 4.52. The van der Waals surface area contributed by atoms with Gasteiger partial charge in [0, 0.05) is 43.3 Å². The van der Waals surface area contributed by atoms with Crippen molar-refractivity contribution in [3.8, 4) is 11.3 Å². The van der Waals surface area contributed by atoms with E-state index in [1.807, 2.05) is 37.6 Å². The van der Waals surface area contributed by atoms with Gasteiger partial charge in [-0.1, -0.05) is 6.07 Å². The number of nitrogens with one attached hydrogen (secondary N) is 1. The Bertz CT molecular complexity index is 540. The number of anilines is 1. The van der Waals surface area contributed by atoms with Gasteiger partial charge in [-0.2, -0.15) is 0 Å². The Labute approximate surface area is 119 Å². The molecule has 1 aliphatic rings. The second kappa shape index (κ2) is 5.96. The van der Waals surface area contributed by atoms with Crippen LogP contribution in [0.4, 0.5) is 5.95 Å². The highest BCUT2D eigenvalue weighted by Gasteiger charge is 2.25. The molecule has 104 valence electrons. The quantitative estimate of drug-likeness (QED) is 0.916. The third kappa shape index (κ3) is 2.63. The molecule has 0 spiro atoms. The predicted molar refractivity (Wildman–Crippen MR) is 79.6 cm³/mol. The standard InChI is InChI=1S/C15H19N5/c1-16-11-13-5-4-8-20(13)15-18-9-12(10-19-15)14-6-2-3-7-17-14/h2-3,6-7,9-10,13,16H,4-5,8,11H2,1H3. The van der Waals surface area contributed by atoms with Crippen molar-refractivity contribution in [2.75, 3.05) is 25.0 Å². The monoisotopic (exact) mass is 269 g/mol. The van der Waals surface area contributed by atoms with Crippen LogP contribution >= 0.6 is 0 Å². The average molecular weight is 269 g/mol. The highest BCUT2D eigenvalue weighted by atomic mass is 15.3. The van der Waals surface area contributed by atoms with Crippen LogP contribution in [0, 0.1) is 0 Å². The molecule has 0 radical (unpaired) electrons. The van der Waals surface area contributed by atoms with Gasteiger partial charge in [0.15, 0.2) is 0 Å². The van der Waals surface area contributed by atoms with Gasteiger partial charge in [0.05, 0.1) is 5.69 Å². The fourth-order valence-electron chi connectivity index (χ4n) is 2.68. The second-order valence-corrected chi connectivity index (χ2v) is 5.03. The molecule has 1 fully saturated rings. The van der Waals surface area contributed by atoms with E-state index < -0.39 is 0 Å². The summed E-state index contributed by atoms with van der Waals surface area (Å²) in [6.45, 7) is 2.01. The van der Waals surface area contributed by atoms with E-state index in [1.54, 1.807) is 6.20 Å². The van der Waals surface area contributed by atoms with E-state index in [9.17, 15) is 0 Å². The van der Waals surface area contributed by atoms with E-state index in [0.717, 1.165) is 30.3 Å². The summed E-state index contributed by atoms with van der Waals surface area (Å²) in [6, 6.07) is 6.35. The van der Waals surface area contributed by atoms with E-state index in [4.69, 9.17) is 0 Å². The SMILES string of the molecule is CNCC1CCCN1c1ncc(-c2ccccn2)cn1. The second-order valence-electron chi connectivity index (χ2n) is 5.03. The summed E-state index contributed by atoms with van der Waals surface area (Å²) < 4.78 is 0. The average Bonchev–Trinajstić information content (AvgIpc) is 2.97. The van der Waals surface area contributed by atoms with Crippen molar-refractivity contribution in [2.24, 2.45) is 0 Å². The first-order valence-corrected chi connectivity index (χ1v) is 7.03. The lowest BCUT2D eigenvalue weighted by Crippen LogP contribution is -2.37. The molecule has 0 aliphatic carbocycles. The van der Waals surface area contributed by atoms with Gasteiger partial charge in [0.25, 0.3) is 0 Å². The molecule has 1 N–H and O–H groups in total. The smallest absolute Gasteiger partial charge is 0.225 e. The predicted octanol–water partition coefficient (Wildman–Crippen LogP) is 1.73. The van der Waals surface area contributed by atoms with Gasteiger partial charge in [-0.05, 0) is 32.0 Å². The third-order valence-corrected chi connectivity index (χ3v) is 3.67. The van der Waals surface area contributed by atoms with E-state index in [0.29, 0.717) is 6.04 Å². The van der Waals surface area contributed by atoms with E-state index in [-0.39, 0.29) is 0 Å². The number of hydrogen-bond acceptors (Lipinski definition) is 5. The van der Waals surface area contributed by atoms with Crippen molar-refractivity contribution in [1.82, 2.24) is 20.3 Å². The largest absolute Gasteiger partial charge is 0.337 e. The van der Waals surface area contributed by atoms with Gasteiger partial charge in [0.1, 0.15) is 0 Å². The topological polar surface area (TPSA) is 53.9 Å².